The number of para-hydroxylation sites is 2. The lowest BCUT2D eigenvalue weighted by Crippen LogP contribution is -2.52. The van der Waals surface area contributed by atoms with Crippen LogP contribution < -0.4 is 14.8 Å². The quantitative estimate of drug-likeness (QED) is 0.860. The first-order valence-electron chi connectivity index (χ1n) is 9.60. The Kier molecular flexibility index (Phi) is 6.19. The highest BCUT2D eigenvalue weighted by Crippen LogP contribution is 2.31. The number of carbonyl (C=O) groups excluding carboxylic acids is 1. The molecule has 1 aromatic carbocycles. The fourth-order valence-corrected chi connectivity index (χ4v) is 3.71. The molecule has 0 bridgehead atoms. The van der Waals surface area contributed by atoms with E-state index in [4.69, 9.17) is 9.47 Å². The SMILES string of the molecule is CCN(CC1COc2ccccc2O1)C(C)C(=O)NC1CCCCC1. The third-order valence-electron chi connectivity index (χ3n) is 5.29. The van der Waals surface area contributed by atoms with Crippen molar-refractivity contribution in [1.29, 1.82) is 0 Å². The van der Waals surface area contributed by atoms with Crippen LogP contribution in [0.5, 0.6) is 11.5 Å². The summed E-state index contributed by atoms with van der Waals surface area (Å²) in [5.74, 6) is 1.71. The Bertz CT molecular complexity index is 572. The summed E-state index contributed by atoms with van der Waals surface area (Å²) in [6.07, 6.45) is 5.91. The molecule has 2 unspecified atom stereocenters. The lowest BCUT2D eigenvalue weighted by Gasteiger charge is -2.34. The van der Waals surface area contributed by atoms with Gasteiger partial charge in [-0.25, -0.2) is 0 Å². The number of nitrogens with zero attached hydrogens (tertiary/aromatic N) is 1. The minimum Gasteiger partial charge on any atom is -0.486 e. The molecular formula is C20H30N2O3. The minimum absolute atomic E-state index is 0.0558. The summed E-state index contributed by atoms with van der Waals surface area (Å²) in [7, 11) is 0. The number of nitrogens with one attached hydrogen (secondary N) is 1. The van der Waals surface area contributed by atoms with E-state index < -0.39 is 0 Å². The van der Waals surface area contributed by atoms with Gasteiger partial charge in [-0.15, -0.1) is 0 Å². The van der Waals surface area contributed by atoms with Crippen LogP contribution >= 0.6 is 0 Å². The summed E-state index contributed by atoms with van der Waals surface area (Å²) in [5, 5.41) is 3.23. The van der Waals surface area contributed by atoms with E-state index in [1.54, 1.807) is 0 Å². The molecule has 5 heteroatoms. The molecule has 2 aliphatic rings. The van der Waals surface area contributed by atoms with Gasteiger partial charge < -0.3 is 14.8 Å². The van der Waals surface area contributed by atoms with Gasteiger partial charge in [0, 0.05) is 12.6 Å². The van der Waals surface area contributed by atoms with Crippen LogP contribution in [0.15, 0.2) is 24.3 Å². The first-order valence-corrected chi connectivity index (χ1v) is 9.60. The Morgan fingerprint density at radius 3 is 2.68 bits per heavy atom. The second-order valence-electron chi connectivity index (χ2n) is 7.10. The average Bonchev–Trinajstić information content (AvgIpc) is 2.66. The number of rotatable bonds is 6. The van der Waals surface area contributed by atoms with Gasteiger partial charge in [-0.3, -0.25) is 9.69 Å². The molecule has 1 heterocycles. The molecule has 2 atom stereocenters. The number of ether oxygens (including phenoxy) is 2. The van der Waals surface area contributed by atoms with Gasteiger partial charge in [0.25, 0.3) is 0 Å². The maximum atomic E-state index is 12.6. The topological polar surface area (TPSA) is 50.8 Å². The molecule has 1 fully saturated rings. The highest BCUT2D eigenvalue weighted by molar-refractivity contribution is 5.81. The summed E-state index contributed by atoms with van der Waals surface area (Å²) in [5.41, 5.74) is 0. The fraction of sp³-hybridized carbons (Fsp3) is 0.650. The molecule has 1 N–H and O–H groups in total. The van der Waals surface area contributed by atoms with Crippen molar-refractivity contribution in [3.8, 4) is 11.5 Å². The van der Waals surface area contributed by atoms with Crippen LogP contribution in [-0.4, -0.2) is 48.7 Å². The second-order valence-corrected chi connectivity index (χ2v) is 7.10. The number of benzene rings is 1. The lowest BCUT2D eigenvalue weighted by molar-refractivity contribution is -0.127. The largest absolute Gasteiger partial charge is 0.486 e. The summed E-state index contributed by atoms with van der Waals surface area (Å²) < 4.78 is 11.8. The van der Waals surface area contributed by atoms with Crippen LogP contribution in [0, 0.1) is 0 Å². The second kappa shape index (κ2) is 8.56. The van der Waals surface area contributed by atoms with Crippen molar-refractivity contribution < 1.29 is 14.3 Å². The lowest BCUT2D eigenvalue weighted by atomic mass is 9.95. The average molecular weight is 346 g/mol. The highest BCUT2D eigenvalue weighted by atomic mass is 16.6. The zero-order valence-corrected chi connectivity index (χ0v) is 15.4. The number of carbonyl (C=O) groups is 1. The Balaban J connectivity index is 1.53. The standard InChI is InChI=1S/C20H30N2O3/c1-3-22(15(2)20(23)21-16-9-5-4-6-10-16)13-17-14-24-18-11-7-8-12-19(18)25-17/h7-8,11-12,15-17H,3-6,9-10,13-14H2,1-2H3,(H,21,23). The molecule has 1 aliphatic heterocycles. The number of amides is 1. The van der Waals surface area contributed by atoms with Crippen molar-refractivity contribution >= 4 is 5.91 Å². The van der Waals surface area contributed by atoms with E-state index in [2.05, 4.69) is 17.1 Å². The third-order valence-corrected chi connectivity index (χ3v) is 5.29. The Labute approximate surface area is 150 Å². The normalized spacial score (nSPS) is 21.8. The molecule has 3 rings (SSSR count). The van der Waals surface area contributed by atoms with E-state index in [9.17, 15) is 4.79 Å². The summed E-state index contributed by atoms with van der Waals surface area (Å²) in [6, 6.07) is 7.93. The van der Waals surface area contributed by atoms with Crippen molar-refractivity contribution in [3.05, 3.63) is 24.3 Å². The van der Waals surface area contributed by atoms with Crippen LogP contribution in [0.3, 0.4) is 0 Å². The van der Waals surface area contributed by atoms with Crippen LogP contribution in [0.25, 0.3) is 0 Å². The van der Waals surface area contributed by atoms with Gasteiger partial charge in [0.05, 0.1) is 6.04 Å². The Morgan fingerprint density at radius 2 is 1.96 bits per heavy atom. The van der Waals surface area contributed by atoms with E-state index in [0.29, 0.717) is 19.2 Å². The van der Waals surface area contributed by atoms with Crippen molar-refractivity contribution in [1.82, 2.24) is 10.2 Å². The van der Waals surface area contributed by atoms with E-state index in [0.717, 1.165) is 30.9 Å². The van der Waals surface area contributed by atoms with Gasteiger partial charge in [-0.1, -0.05) is 38.3 Å². The van der Waals surface area contributed by atoms with Crippen molar-refractivity contribution in [2.75, 3.05) is 19.7 Å². The van der Waals surface area contributed by atoms with Gasteiger partial charge in [0.1, 0.15) is 12.7 Å². The molecule has 5 nitrogen and oxygen atoms in total. The predicted molar refractivity (Wildman–Crippen MR) is 98.1 cm³/mol. The Hall–Kier alpha value is -1.75. The van der Waals surface area contributed by atoms with Gasteiger partial charge in [-0.2, -0.15) is 0 Å². The van der Waals surface area contributed by atoms with Crippen molar-refractivity contribution in [3.63, 3.8) is 0 Å². The monoisotopic (exact) mass is 346 g/mol. The third kappa shape index (κ3) is 4.66. The summed E-state index contributed by atoms with van der Waals surface area (Å²) >= 11 is 0. The van der Waals surface area contributed by atoms with E-state index in [-0.39, 0.29) is 18.1 Å². The van der Waals surface area contributed by atoms with Crippen LogP contribution in [0.2, 0.25) is 0 Å². The zero-order chi connectivity index (χ0) is 17.6. The highest BCUT2D eigenvalue weighted by Gasteiger charge is 2.28. The molecule has 1 amide bonds. The van der Waals surface area contributed by atoms with E-state index in [1.165, 1.54) is 19.3 Å². The smallest absolute Gasteiger partial charge is 0.237 e. The van der Waals surface area contributed by atoms with Crippen LogP contribution in [0.4, 0.5) is 0 Å². The van der Waals surface area contributed by atoms with Gasteiger partial charge in [-0.05, 0) is 38.4 Å². The molecule has 25 heavy (non-hydrogen) atoms. The minimum atomic E-state index is -0.160. The molecule has 0 spiro atoms. The number of likely N-dealkylation sites (N-methyl/N-ethyl adjacent to an activating group) is 1. The molecule has 1 aromatic rings. The summed E-state index contributed by atoms with van der Waals surface area (Å²) in [4.78, 5) is 14.8. The number of fused-ring (bicyclic) bond motifs is 1. The van der Waals surface area contributed by atoms with Gasteiger partial charge in [0.15, 0.2) is 11.5 Å². The predicted octanol–water partition coefficient (Wildman–Crippen LogP) is 2.99. The van der Waals surface area contributed by atoms with Gasteiger partial charge >= 0.3 is 0 Å². The molecule has 0 radical (unpaired) electrons. The van der Waals surface area contributed by atoms with E-state index in [1.807, 2.05) is 31.2 Å². The first-order chi connectivity index (χ1) is 12.2. The maximum absolute atomic E-state index is 12.6. The zero-order valence-electron chi connectivity index (χ0n) is 15.4. The van der Waals surface area contributed by atoms with E-state index >= 15 is 0 Å². The fourth-order valence-electron chi connectivity index (χ4n) is 3.71. The van der Waals surface area contributed by atoms with Gasteiger partial charge in [0.2, 0.25) is 5.91 Å². The molecule has 138 valence electrons. The summed E-state index contributed by atoms with van der Waals surface area (Å²) in [6.45, 7) is 6.08. The molecular weight excluding hydrogens is 316 g/mol. The van der Waals surface area contributed by atoms with Crippen molar-refractivity contribution in [2.24, 2.45) is 0 Å². The molecule has 1 aliphatic carbocycles. The molecule has 0 aromatic heterocycles. The molecule has 0 saturated heterocycles. The number of hydrogen-bond acceptors (Lipinski definition) is 4. The molecule has 1 saturated carbocycles. The van der Waals surface area contributed by atoms with Crippen LogP contribution in [0.1, 0.15) is 46.0 Å². The van der Waals surface area contributed by atoms with Crippen molar-refractivity contribution in [2.45, 2.75) is 64.1 Å². The Morgan fingerprint density at radius 1 is 1.24 bits per heavy atom. The van der Waals surface area contributed by atoms with Crippen LogP contribution in [-0.2, 0) is 4.79 Å². The first kappa shape index (κ1) is 18.1. The maximum Gasteiger partial charge on any atom is 0.237 e. The number of hydrogen-bond donors (Lipinski definition) is 1.